The first kappa shape index (κ1) is 14.0. The molecule has 1 aliphatic rings. The van der Waals surface area contributed by atoms with Gasteiger partial charge in [-0.05, 0) is 13.0 Å². The van der Waals surface area contributed by atoms with E-state index in [1.54, 1.807) is 0 Å². The highest BCUT2D eigenvalue weighted by atomic mass is 19.3. The molecule has 1 nitrogen and oxygen atoms in total. The van der Waals surface area contributed by atoms with Crippen LogP contribution in [0.3, 0.4) is 0 Å². The Morgan fingerprint density at radius 1 is 1.21 bits per heavy atom. The molecule has 0 bridgehead atoms. The molecule has 1 saturated heterocycles. The van der Waals surface area contributed by atoms with Crippen LogP contribution >= 0.6 is 0 Å². The zero-order chi connectivity index (χ0) is 11.4. The van der Waals surface area contributed by atoms with Gasteiger partial charge in [0.05, 0.1) is 30.1 Å². The SMILES string of the molecule is CC.[B]C([B])([B])N1CCCC(F)(F)C1. The minimum absolute atomic E-state index is 0.112. The Morgan fingerprint density at radius 3 is 2.00 bits per heavy atom. The van der Waals surface area contributed by atoms with E-state index in [-0.39, 0.29) is 6.42 Å². The van der Waals surface area contributed by atoms with E-state index in [0.717, 1.165) is 0 Å². The summed E-state index contributed by atoms with van der Waals surface area (Å²) in [5.74, 6) is -2.71. The van der Waals surface area contributed by atoms with E-state index in [2.05, 4.69) is 0 Å². The molecule has 0 spiro atoms. The van der Waals surface area contributed by atoms with Gasteiger partial charge in [-0.2, -0.15) is 0 Å². The fourth-order valence-corrected chi connectivity index (χ4v) is 1.30. The van der Waals surface area contributed by atoms with E-state index in [0.29, 0.717) is 13.0 Å². The highest BCUT2D eigenvalue weighted by Crippen LogP contribution is 2.28. The standard InChI is InChI=1S/C6H8B3F2N.C2H6/c7-6(8,9)12-3-1-2-5(10,11)4-12;1-2/h1-4H2;1-2H3. The summed E-state index contributed by atoms with van der Waals surface area (Å²) < 4.78 is 25.6. The Balaban J connectivity index is 0.000000791. The Labute approximate surface area is 88.8 Å². The molecule has 0 amide bonds. The molecule has 1 heterocycles. The van der Waals surface area contributed by atoms with E-state index in [1.165, 1.54) is 4.90 Å². The van der Waals surface area contributed by atoms with Gasteiger partial charge >= 0.3 is 0 Å². The van der Waals surface area contributed by atoms with Crippen LogP contribution in [-0.4, -0.2) is 52.7 Å². The van der Waals surface area contributed by atoms with Crippen LogP contribution < -0.4 is 0 Å². The summed E-state index contributed by atoms with van der Waals surface area (Å²) in [7, 11) is 15.8. The van der Waals surface area contributed by atoms with Crippen LogP contribution in [0.1, 0.15) is 26.7 Å². The van der Waals surface area contributed by atoms with Gasteiger partial charge in [0.25, 0.3) is 5.92 Å². The number of halogens is 2. The number of rotatable bonds is 1. The van der Waals surface area contributed by atoms with E-state index in [1.807, 2.05) is 13.8 Å². The molecule has 6 radical (unpaired) electrons. The lowest BCUT2D eigenvalue weighted by atomic mass is 9.48. The van der Waals surface area contributed by atoms with Gasteiger partial charge in [-0.1, -0.05) is 19.1 Å². The second kappa shape index (κ2) is 5.20. The van der Waals surface area contributed by atoms with Gasteiger partial charge in [-0.15, -0.1) is 0 Å². The first-order valence-corrected chi connectivity index (χ1v) is 4.81. The van der Waals surface area contributed by atoms with Crippen molar-refractivity contribution in [2.24, 2.45) is 0 Å². The van der Waals surface area contributed by atoms with Crippen LogP contribution in [0.25, 0.3) is 0 Å². The third-order valence-electron chi connectivity index (χ3n) is 1.94. The van der Waals surface area contributed by atoms with Gasteiger partial charge in [0.15, 0.2) is 0 Å². The first-order chi connectivity index (χ1) is 6.31. The van der Waals surface area contributed by atoms with E-state index in [4.69, 9.17) is 23.5 Å². The summed E-state index contributed by atoms with van der Waals surface area (Å²) in [6.07, 6.45) is 0.264. The molecule has 1 rings (SSSR count). The summed E-state index contributed by atoms with van der Waals surface area (Å²) in [5, 5.41) is -1.62. The Kier molecular flexibility index (Phi) is 5.20. The van der Waals surface area contributed by atoms with Crippen molar-refractivity contribution in [1.29, 1.82) is 0 Å². The zero-order valence-corrected chi connectivity index (χ0v) is 8.76. The molecular weight excluding hydrogens is 181 g/mol. The van der Waals surface area contributed by atoms with Crippen LogP contribution in [0, 0.1) is 0 Å². The number of hydrogen-bond donors (Lipinski definition) is 0. The monoisotopic (exact) mass is 195 g/mol. The van der Waals surface area contributed by atoms with Gasteiger partial charge in [0.1, 0.15) is 0 Å². The number of likely N-dealkylation sites (tertiary alicyclic amines) is 1. The van der Waals surface area contributed by atoms with Crippen molar-refractivity contribution in [2.75, 3.05) is 13.1 Å². The molecule has 74 valence electrons. The van der Waals surface area contributed by atoms with Crippen LogP contribution in [0.5, 0.6) is 0 Å². The van der Waals surface area contributed by atoms with Crippen LogP contribution in [-0.2, 0) is 0 Å². The second-order valence-corrected chi connectivity index (χ2v) is 3.27. The summed E-state index contributed by atoms with van der Waals surface area (Å²) in [4.78, 5) is 1.19. The van der Waals surface area contributed by atoms with E-state index >= 15 is 0 Å². The van der Waals surface area contributed by atoms with Gasteiger partial charge in [0, 0.05) is 6.42 Å². The number of piperidine rings is 1. The predicted octanol–water partition coefficient (Wildman–Crippen LogP) is 0.860. The number of nitrogens with zero attached hydrogens (tertiary/aromatic N) is 1. The van der Waals surface area contributed by atoms with Crippen molar-refractivity contribution >= 4 is 23.5 Å². The molecule has 0 aromatic heterocycles. The minimum atomic E-state index is -2.71. The molecule has 0 N–H and O–H groups in total. The van der Waals surface area contributed by atoms with Gasteiger partial charge in [0.2, 0.25) is 0 Å². The maximum atomic E-state index is 12.8. The van der Waals surface area contributed by atoms with Gasteiger partial charge in [-0.25, -0.2) is 8.78 Å². The Morgan fingerprint density at radius 2 is 1.71 bits per heavy atom. The highest BCUT2D eigenvalue weighted by Gasteiger charge is 2.37. The normalized spacial score (nSPS) is 22.3. The van der Waals surface area contributed by atoms with Crippen molar-refractivity contribution in [2.45, 2.75) is 37.8 Å². The highest BCUT2D eigenvalue weighted by molar-refractivity contribution is 6.59. The van der Waals surface area contributed by atoms with E-state index < -0.39 is 17.7 Å². The van der Waals surface area contributed by atoms with Crippen molar-refractivity contribution in [3.63, 3.8) is 0 Å². The second-order valence-electron chi connectivity index (χ2n) is 3.27. The number of hydrogen-bond acceptors (Lipinski definition) is 1. The summed E-state index contributed by atoms with van der Waals surface area (Å²) in [6.45, 7) is 3.98. The first-order valence-electron chi connectivity index (χ1n) is 4.81. The fraction of sp³-hybridized carbons (Fsp3) is 1.00. The van der Waals surface area contributed by atoms with Crippen LogP contribution in [0.2, 0.25) is 0 Å². The lowest BCUT2D eigenvalue weighted by Gasteiger charge is -2.42. The molecule has 14 heavy (non-hydrogen) atoms. The average molecular weight is 195 g/mol. The van der Waals surface area contributed by atoms with Crippen molar-refractivity contribution in [3.05, 3.63) is 0 Å². The summed E-state index contributed by atoms with van der Waals surface area (Å²) >= 11 is 0. The predicted molar refractivity (Wildman–Crippen MR) is 57.1 cm³/mol. The molecule has 6 heteroatoms. The molecule has 1 aliphatic heterocycles. The average Bonchev–Trinajstić information content (AvgIpc) is 2.04. The van der Waals surface area contributed by atoms with Crippen molar-refractivity contribution in [3.8, 4) is 0 Å². The molecular formula is C8H14B3F2N. The number of alkyl halides is 2. The van der Waals surface area contributed by atoms with Crippen molar-refractivity contribution < 1.29 is 8.78 Å². The molecule has 0 aromatic carbocycles. The van der Waals surface area contributed by atoms with Crippen LogP contribution in [0.15, 0.2) is 0 Å². The fourth-order valence-electron chi connectivity index (χ4n) is 1.30. The third kappa shape index (κ3) is 4.49. The topological polar surface area (TPSA) is 3.24 Å². The zero-order valence-electron chi connectivity index (χ0n) is 8.76. The van der Waals surface area contributed by atoms with Crippen molar-refractivity contribution in [1.82, 2.24) is 4.90 Å². The minimum Gasteiger partial charge on any atom is -0.317 e. The maximum absolute atomic E-state index is 12.8. The quantitative estimate of drug-likeness (QED) is 0.560. The molecule has 0 unspecified atom stereocenters. The maximum Gasteiger partial charge on any atom is 0.260 e. The Bertz CT molecular complexity index is 167. The smallest absolute Gasteiger partial charge is 0.260 e. The summed E-state index contributed by atoms with van der Waals surface area (Å²) in [5.41, 5.74) is 0. The molecule has 0 aromatic rings. The van der Waals surface area contributed by atoms with Gasteiger partial charge < -0.3 is 4.90 Å². The molecule has 1 fully saturated rings. The third-order valence-corrected chi connectivity index (χ3v) is 1.94. The van der Waals surface area contributed by atoms with Gasteiger partial charge in [-0.3, -0.25) is 0 Å². The molecule has 0 saturated carbocycles. The lowest BCUT2D eigenvalue weighted by Crippen LogP contribution is -2.57. The van der Waals surface area contributed by atoms with Crippen LogP contribution in [0.4, 0.5) is 8.78 Å². The lowest BCUT2D eigenvalue weighted by molar-refractivity contribution is -0.0652. The molecule has 0 aliphatic carbocycles. The summed E-state index contributed by atoms with van der Waals surface area (Å²) in [6, 6.07) is 0. The molecule has 0 atom stereocenters. The largest absolute Gasteiger partial charge is 0.317 e. The Hall–Kier alpha value is 0.0148. The van der Waals surface area contributed by atoms with E-state index in [9.17, 15) is 8.78 Å².